The highest BCUT2D eigenvalue weighted by Crippen LogP contribution is 2.28. The summed E-state index contributed by atoms with van der Waals surface area (Å²) < 4.78 is 5.33. The molecular weight excluding hydrogens is 328 g/mol. The number of aryl methyl sites for hydroxylation is 1. The van der Waals surface area contributed by atoms with Crippen molar-refractivity contribution < 1.29 is 9.32 Å². The standard InChI is InChI=1S/C17H26N4O2.ClH/c1-6-17(7-2,9-18)20-15(22)12-8-11(5)19-16-13(12)14(10(3)4)21-23-16;/h8,10H,6-7,9,18H2,1-5H3,(H,20,22);1H. The van der Waals surface area contributed by atoms with Crippen molar-refractivity contribution in [2.75, 3.05) is 6.54 Å². The predicted octanol–water partition coefficient (Wildman–Crippen LogP) is 3.32. The van der Waals surface area contributed by atoms with E-state index in [2.05, 4.69) is 15.5 Å². The van der Waals surface area contributed by atoms with Gasteiger partial charge in [-0.05, 0) is 31.7 Å². The Kier molecular flexibility index (Phi) is 6.75. The predicted molar refractivity (Wildman–Crippen MR) is 97.7 cm³/mol. The van der Waals surface area contributed by atoms with E-state index in [0.29, 0.717) is 23.2 Å². The lowest BCUT2D eigenvalue weighted by Crippen LogP contribution is -2.52. The summed E-state index contributed by atoms with van der Waals surface area (Å²) in [4.78, 5) is 17.3. The van der Waals surface area contributed by atoms with Crippen LogP contribution in [0, 0.1) is 6.92 Å². The van der Waals surface area contributed by atoms with Gasteiger partial charge in [0.2, 0.25) is 0 Å². The van der Waals surface area contributed by atoms with Crippen molar-refractivity contribution in [2.24, 2.45) is 5.73 Å². The summed E-state index contributed by atoms with van der Waals surface area (Å²) in [5, 5.41) is 7.90. The average molecular weight is 355 g/mol. The average Bonchev–Trinajstić information content (AvgIpc) is 2.95. The minimum Gasteiger partial charge on any atom is -0.345 e. The molecule has 134 valence electrons. The molecule has 3 N–H and O–H groups in total. The lowest BCUT2D eigenvalue weighted by atomic mass is 9.92. The van der Waals surface area contributed by atoms with Gasteiger partial charge in [0.05, 0.1) is 22.2 Å². The molecule has 0 aliphatic carbocycles. The second-order valence-electron chi connectivity index (χ2n) is 6.36. The van der Waals surface area contributed by atoms with Crippen LogP contribution in [0.3, 0.4) is 0 Å². The van der Waals surface area contributed by atoms with Crippen LogP contribution >= 0.6 is 12.4 Å². The minimum atomic E-state index is -0.393. The normalized spacial score (nSPS) is 11.6. The Labute approximate surface area is 149 Å². The highest BCUT2D eigenvalue weighted by atomic mass is 35.5. The van der Waals surface area contributed by atoms with Crippen LogP contribution in [0.1, 0.15) is 68.2 Å². The molecule has 0 unspecified atom stereocenters. The van der Waals surface area contributed by atoms with E-state index in [1.54, 1.807) is 6.07 Å². The molecule has 6 nitrogen and oxygen atoms in total. The molecule has 0 fully saturated rings. The third kappa shape index (κ3) is 3.70. The SMILES string of the molecule is CCC(CC)(CN)NC(=O)c1cc(C)nc2onc(C(C)C)c12.Cl. The van der Waals surface area contributed by atoms with E-state index < -0.39 is 5.54 Å². The first-order chi connectivity index (χ1) is 10.9. The maximum atomic E-state index is 12.9. The highest BCUT2D eigenvalue weighted by molar-refractivity contribution is 6.06. The van der Waals surface area contributed by atoms with Crippen molar-refractivity contribution in [1.82, 2.24) is 15.5 Å². The fraction of sp³-hybridized carbons (Fsp3) is 0.588. The molecule has 7 heteroatoms. The van der Waals surface area contributed by atoms with Crippen LogP contribution in [0.15, 0.2) is 10.6 Å². The number of rotatable bonds is 6. The fourth-order valence-electron chi connectivity index (χ4n) is 2.74. The number of carbonyl (C=O) groups is 1. The molecule has 2 heterocycles. The zero-order valence-corrected chi connectivity index (χ0v) is 15.8. The van der Waals surface area contributed by atoms with Crippen molar-refractivity contribution in [3.63, 3.8) is 0 Å². The van der Waals surface area contributed by atoms with Gasteiger partial charge in [-0.2, -0.15) is 0 Å². The lowest BCUT2D eigenvalue weighted by Gasteiger charge is -2.31. The zero-order valence-electron chi connectivity index (χ0n) is 15.0. The van der Waals surface area contributed by atoms with Crippen LogP contribution in [0.4, 0.5) is 0 Å². The fourth-order valence-corrected chi connectivity index (χ4v) is 2.74. The summed E-state index contributed by atoms with van der Waals surface area (Å²) >= 11 is 0. The minimum absolute atomic E-state index is 0. The Balaban J connectivity index is 0.00000288. The summed E-state index contributed by atoms with van der Waals surface area (Å²) in [6.45, 7) is 10.3. The van der Waals surface area contributed by atoms with E-state index in [9.17, 15) is 4.79 Å². The van der Waals surface area contributed by atoms with Crippen LogP contribution in [0.2, 0.25) is 0 Å². The summed E-state index contributed by atoms with van der Waals surface area (Å²) in [6, 6.07) is 1.79. The first-order valence-electron chi connectivity index (χ1n) is 8.17. The number of amides is 1. The Hall–Kier alpha value is -1.66. The maximum Gasteiger partial charge on any atom is 0.259 e. The zero-order chi connectivity index (χ0) is 17.2. The van der Waals surface area contributed by atoms with E-state index in [0.717, 1.165) is 24.2 Å². The molecule has 1 amide bonds. The molecule has 2 aromatic rings. The molecule has 0 atom stereocenters. The van der Waals surface area contributed by atoms with E-state index in [4.69, 9.17) is 10.3 Å². The number of fused-ring (bicyclic) bond motifs is 1. The number of nitrogens with one attached hydrogen (secondary N) is 1. The maximum absolute atomic E-state index is 12.9. The lowest BCUT2D eigenvalue weighted by molar-refractivity contribution is 0.0896. The molecule has 24 heavy (non-hydrogen) atoms. The van der Waals surface area contributed by atoms with E-state index >= 15 is 0 Å². The van der Waals surface area contributed by atoms with Crippen molar-refractivity contribution in [3.05, 3.63) is 23.0 Å². The van der Waals surface area contributed by atoms with Crippen LogP contribution in [-0.4, -0.2) is 28.1 Å². The molecule has 2 aromatic heterocycles. The molecular formula is C17H27ClN4O2. The van der Waals surface area contributed by atoms with Crippen LogP contribution in [-0.2, 0) is 0 Å². The highest BCUT2D eigenvalue weighted by Gasteiger charge is 2.29. The number of pyridine rings is 1. The molecule has 0 spiro atoms. The van der Waals surface area contributed by atoms with Crippen LogP contribution in [0.5, 0.6) is 0 Å². The van der Waals surface area contributed by atoms with Gasteiger partial charge in [0, 0.05) is 12.2 Å². The summed E-state index contributed by atoms with van der Waals surface area (Å²) in [5.74, 6) is -0.0105. The number of aromatic nitrogens is 2. The van der Waals surface area contributed by atoms with Crippen molar-refractivity contribution >= 4 is 29.4 Å². The third-order valence-electron chi connectivity index (χ3n) is 4.52. The van der Waals surface area contributed by atoms with Crippen molar-refractivity contribution in [3.8, 4) is 0 Å². The smallest absolute Gasteiger partial charge is 0.259 e. The van der Waals surface area contributed by atoms with Gasteiger partial charge in [0.25, 0.3) is 11.6 Å². The van der Waals surface area contributed by atoms with Crippen molar-refractivity contribution in [1.29, 1.82) is 0 Å². The van der Waals surface area contributed by atoms with Gasteiger partial charge in [-0.1, -0.05) is 32.9 Å². The summed E-state index contributed by atoms with van der Waals surface area (Å²) in [5.41, 5.74) is 7.94. The molecule has 0 aliphatic rings. The number of halogens is 1. The number of nitrogens with two attached hydrogens (primary N) is 1. The monoisotopic (exact) mass is 354 g/mol. The molecule has 0 aliphatic heterocycles. The first-order valence-corrected chi connectivity index (χ1v) is 8.17. The first kappa shape index (κ1) is 20.4. The van der Waals surface area contributed by atoms with Gasteiger partial charge < -0.3 is 15.6 Å². The summed E-state index contributed by atoms with van der Waals surface area (Å²) in [6.07, 6.45) is 1.55. The molecule has 0 radical (unpaired) electrons. The largest absolute Gasteiger partial charge is 0.345 e. The van der Waals surface area contributed by atoms with Crippen LogP contribution < -0.4 is 11.1 Å². The number of nitrogens with zero attached hydrogens (tertiary/aromatic N) is 2. The molecule has 2 rings (SSSR count). The molecule has 0 aromatic carbocycles. The van der Waals surface area contributed by atoms with Gasteiger partial charge in [-0.25, -0.2) is 4.98 Å². The second kappa shape index (κ2) is 7.94. The van der Waals surface area contributed by atoms with Gasteiger partial charge >= 0.3 is 0 Å². The van der Waals surface area contributed by atoms with Gasteiger partial charge in [-0.15, -0.1) is 12.4 Å². The van der Waals surface area contributed by atoms with Crippen molar-refractivity contribution in [2.45, 2.75) is 58.9 Å². The van der Waals surface area contributed by atoms with Gasteiger partial charge in [0.1, 0.15) is 0 Å². The number of hydrogen-bond donors (Lipinski definition) is 2. The number of hydrogen-bond acceptors (Lipinski definition) is 5. The molecule has 0 saturated heterocycles. The molecule has 0 saturated carbocycles. The Morgan fingerprint density at radius 1 is 1.38 bits per heavy atom. The van der Waals surface area contributed by atoms with Gasteiger partial charge in [-0.3, -0.25) is 4.79 Å². The Morgan fingerprint density at radius 3 is 2.50 bits per heavy atom. The molecule has 0 bridgehead atoms. The quantitative estimate of drug-likeness (QED) is 0.829. The summed E-state index contributed by atoms with van der Waals surface area (Å²) in [7, 11) is 0. The third-order valence-corrected chi connectivity index (χ3v) is 4.52. The number of carbonyl (C=O) groups excluding carboxylic acids is 1. The van der Waals surface area contributed by atoms with Crippen LogP contribution in [0.25, 0.3) is 11.1 Å². The second-order valence-corrected chi connectivity index (χ2v) is 6.36. The van der Waals surface area contributed by atoms with E-state index in [1.165, 1.54) is 0 Å². The van der Waals surface area contributed by atoms with E-state index in [-0.39, 0.29) is 24.2 Å². The topological polar surface area (TPSA) is 94.0 Å². The van der Waals surface area contributed by atoms with Gasteiger partial charge in [0.15, 0.2) is 0 Å². The Bertz CT molecular complexity index is 700. The van der Waals surface area contributed by atoms with E-state index in [1.807, 2.05) is 34.6 Å². The Morgan fingerprint density at radius 2 is 2.00 bits per heavy atom.